The molecule has 0 radical (unpaired) electrons. The monoisotopic (exact) mass is 382 g/mol. The summed E-state index contributed by atoms with van der Waals surface area (Å²) in [6.45, 7) is 7.53. The fourth-order valence-corrected chi connectivity index (χ4v) is 4.86. The van der Waals surface area contributed by atoms with Gasteiger partial charge in [-0.3, -0.25) is 4.79 Å². The SMILES string of the molecule is CCCN1CCC(NC(=O)c2cc3c(C)nn(-c4ccccc4)c3s2)CC1. The number of carbonyl (C=O) groups excluding carboxylic acids is 1. The lowest BCUT2D eigenvalue weighted by molar-refractivity contribution is 0.0915. The summed E-state index contributed by atoms with van der Waals surface area (Å²) in [5.41, 5.74) is 1.98. The molecule has 1 N–H and O–H groups in total. The zero-order valence-corrected chi connectivity index (χ0v) is 16.8. The molecule has 0 spiro atoms. The van der Waals surface area contributed by atoms with Gasteiger partial charge in [0.25, 0.3) is 5.91 Å². The van der Waals surface area contributed by atoms with E-state index in [0.29, 0.717) is 0 Å². The molecule has 3 aromatic rings. The Kier molecular flexibility index (Phi) is 5.27. The van der Waals surface area contributed by atoms with Crippen LogP contribution in [0, 0.1) is 6.92 Å². The van der Waals surface area contributed by atoms with Crippen molar-refractivity contribution in [2.24, 2.45) is 0 Å². The van der Waals surface area contributed by atoms with Crippen molar-refractivity contribution in [2.75, 3.05) is 19.6 Å². The van der Waals surface area contributed by atoms with Crippen LogP contribution >= 0.6 is 11.3 Å². The molecule has 0 aliphatic carbocycles. The van der Waals surface area contributed by atoms with Crippen LogP contribution in [0.2, 0.25) is 0 Å². The number of hydrogen-bond donors (Lipinski definition) is 1. The van der Waals surface area contributed by atoms with Crippen LogP contribution in [-0.4, -0.2) is 46.3 Å². The second kappa shape index (κ2) is 7.82. The summed E-state index contributed by atoms with van der Waals surface area (Å²) in [5.74, 6) is 0.0455. The molecule has 27 heavy (non-hydrogen) atoms. The fourth-order valence-electron chi connectivity index (χ4n) is 3.78. The van der Waals surface area contributed by atoms with Gasteiger partial charge in [0.1, 0.15) is 4.83 Å². The molecule has 0 atom stereocenters. The number of carbonyl (C=O) groups is 1. The van der Waals surface area contributed by atoms with Crippen LogP contribution in [0.5, 0.6) is 0 Å². The number of likely N-dealkylation sites (tertiary alicyclic amines) is 1. The average Bonchev–Trinajstić information content (AvgIpc) is 3.25. The summed E-state index contributed by atoms with van der Waals surface area (Å²) in [6, 6.07) is 12.3. The normalized spacial score (nSPS) is 16.1. The van der Waals surface area contributed by atoms with Crippen molar-refractivity contribution < 1.29 is 4.79 Å². The third kappa shape index (κ3) is 3.77. The Morgan fingerprint density at radius 2 is 2.00 bits per heavy atom. The van der Waals surface area contributed by atoms with E-state index >= 15 is 0 Å². The van der Waals surface area contributed by atoms with Gasteiger partial charge >= 0.3 is 0 Å². The number of thiophene rings is 1. The highest BCUT2D eigenvalue weighted by Gasteiger charge is 2.22. The van der Waals surface area contributed by atoms with Gasteiger partial charge in [-0.1, -0.05) is 25.1 Å². The Bertz CT molecular complexity index is 922. The van der Waals surface area contributed by atoms with Crippen LogP contribution in [0.3, 0.4) is 0 Å². The number of para-hydroxylation sites is 1. The maximum Gasteiger partial charge on any atom is 0.261 e. The van der Waals surface area contributed by atoms with Crippen LogP contribution in [0.25, 0.3) is 15.9 Å². The van der Waals surface area contributed by atoms with Crippen LogP contribution < -0.4 is 5.32 Å². The van der Waals surface area contributed by atoms with E-state index in [2.05, 4.69) is 22.2 Å². The highest BCUT2D eigenvalue weighted by Crippen LogP contribution is 2.30. The van der Waals surface area contributed by atoms with E-state index in [4.69, 9.17) is 0 Å². The van der Waals surface area contributed by atoms with Crippen molar-refractivity contribution >= 4 is 27.5 Å². The molecule has 0 unspecified atom stereocenters. The molecular weight excluding hydrogens is 356 g/mol. The first-order valence-corrected chi connectivity index (χ1v) is 10.5. The zero-order chi connectivity index (χ0) is 18.8. The molecule has 1 amide bonds. The summed E-state index contributed by atoms with van der Waals surface area (Å²) in [5, 5.41) is 8.96. The molecule has 2 aromatic heterocycles. The second-order valence-corrected chi connectivity index (χ2v) is 8.28. The molecule has 3 heterocycles. The summed E-state index contributed by atoms with van der Waals surface area (Å²) < 4.78 is 1.94. The number of nitrogens with zero attached hydrogens (tertiary/aromatic N) is 3. The fraction of sp³-hybridized carbons (Fsp3) is 0.429. The van der Waals surface area contributed by atoms with Crippen LogP contribution in [-0.2, 0) is 0 Å². The van der Waals surface area contributed by atoms with Crippen molar-refractivity contribution in [1.82, 2.24) is 20.0 Å². The molecule has 1 fully saturated rings. The number of rotatable bonds is 5. The van der Waals surface area contributed by atoms with Gasteiger partial charge in [0.2, 0.25) is 0 Å². The molecule has 0 saturated carbocycles. The number of nitrogens with one attached hydrogen (secondary N) is 1. The summed E-state index contributed by atoms with van der Waals surface area (Å²) in [6.07, 6.45) is 3.26. The molecule has 1 aromatic carbocycles. The number of amides is 1. The number of piperidine rings is 1. The molecule has 142 valence electrons. The Morgan fingerprint density at radius 1 is 1.26 bits per heavy atom. The predicted molar refractivity (Wildman–Crippen MR) is 111 cm³/mol. The van der Waals surface area contributed by atoms with Crippen molar-refractivity contribution in [3.63, 3.8) is 0 Å². The van der Waals surface area contributed by atoms with E-state index < -0.39 is 0 Å². The molecule has 1 aliphatic rings. The Hall–Kier alpha value is -2.18. The van der Waals surface area contributed by atoms with E-state index in [1.807, 2.05) is 48.0 Å². The third-order valence-corrected chi connectivity index (χ3v) is 6.34. The van der Waals surface area contributed by atoms with Gasteiger partial charge in [-0.25, -0.2) is 4.68 Å². The smallest absolute Gasteiger partial charge is 0.261 e. The first kappa shape index (κ1) is 18.2. The largest absolute Gasteiger partial charge is 0.349 e. The number of fused-ring (bicyclic) bond motifs is 1. The topological polar surface area (TPSA) is 50.2 Å². The van der Waals surface area contributed by atoms with Gasteiger partial charge in [0, 0.05) is 24.5 Å². The van der Waals surface area contributed by atoms with Gasteiger partial charge in [0.05, 0.1) is 16.3 Å². The van der Waals surface area contributed by atoms with Crippen molar-refractivity contribution in [2.45, 2.75) is 39.2 Å². The van der Waals surface area contributed by atoms with Gasteiger partial charge in [-0.2, -0.15) is 5.10 Å². The molecule has 4 rings (SSSR count). The lowest BCUT2D eigenvalue weighted by Gasteiger charge is -2.31. The first-order valence-electron chi connectivity index (χ1n) is 9.73. The van der Waals surface area contributed by atoms with E-state index in [0.717, 1.165) is 59.0 Å². The van der Waals surface area contributed by atoms with Crippen LogP contribution in [0.1, 0.15) is 41.6 Å². The second-order valence-electron chi connectivity index (χ2n) is 7.25. The summed E-state index contributed by atoms with van der Waals surface area (Å²) in [7, 11) is 0. The van der Waals surface area contributed by atoms with Crippen molar-refractivity contribution in [3.05, 3.63) is 47.0 Å². The van der Waals surface area contributed by atoms with E-state index in [1.54, 1.807) is 0 Å². The Balaban J connectivity index is 1.50. The highest BCUT2D eigenvalue weighted by molar-refractivity contribution is 7.20. The predicted octanol–water partition coefficient (Wildman–Crippen LogP) is 4.00. The Morgan fingerprint density at radius 3 is 2.70 bits per heavy atom. The minimum Gasteiger partial charge on any atom is -0.349 e. The average molecular weight is 383 g/mol. The number of benzene rings is 1. The van der Waals surface area contributed by atoms with E-state index in [1.165, 1.54) is 17.8 Å². The zero-order valence-electron chi connectivity index (χ0n) is 15.9. The Labute approximate surface area is 164 Å². The summed E-state index contributed by atoms with van der Waals surface area (Å²) >= 11 is 1.52. The molecule has 0 bridgehead atoms. The maximum absolute atomic E-state index is 12.8. The van der Waals surface area contributed by atoms with Crippen LogP contribution in [0.15, 0.2) is 36.4 Å². The maximum atomic E-state index is 12.8. The summed E-state index contributed by atoms with van der Waals surface area (Å²) in [4.78, 5) is 17.1. The first-order chi connectivity index (χ1) is 13.2. The standard InChI is InChI=1S/C21H26N4OS/c1-3-11-24-12-9-16(10-13-24)22-20(26)19-14-18-15(2)23-25(21(18)27-19)17-7-5-4-6-8-17/h4-8,14,16H,3,9-13H2,1-2H3,(H,22,26). The molecule has 1 aliphatic heterocycles. The molecule has 5 nitrogen and oxygen atoms in total. The lowest BCUT2D eigenvalue weighted by atomic mass is 10.0. The third-order valence-electron chi connectivity index (χ3n) is 5.23. The van der Waals surface area contributed by atoms with Gasteiger partial charge in [-0.05, 0) is 50.9 Å². The number of aromatic nitrogens is 2. The van der Waals surface area contributed by atoms with Gasteiger partial charge in [-0.15, -0.1) is 11.3 Å². The number of hydrogen-bond acceptors (Lipinski definition) is 4. The van der Waals surface area contributed by atoms with E-state index in [-0.39, 0.29) is 11.9 Å². The van der Waals surface area contributed by atoms with Crippen molar-refractivity contribution in [3.8, 4) is 5.69 Å². The quantitative estimate of drug-likeness (QED) is 0.726. The van der Waals surface area contributed by atoms with Crippen LogP contribution in [0.4, 0.5) is 0 Å². The molecular formula is C21H26N4OS. The lowest BCUT2D eigenvalue weighted by Crippen LogP contribution is -2.44. The highest BCUT2D eigenvalue weighted by atomic mass is 32.1. The molecule has 6 heteroatoms. The van der Waals surface area contributed by atoms with E-state index in [9.17, 15) is 4.79 Å². The van der Waals surface area contributed by atoms with Gasteiger partial charge < -0.3 is 10.2 Å². The van der Waals surface area contributed by atoms with Crippen molar-refractivity contribution in [1.29, 1.82) is 0 Å². The minimum absolute atomic E-state index is 0.0455. The number of aryl methyl sites for hydroxylation is 1. The minimum atomic E-state index is 0.0455. The molecule has 1 saturated heterocycles. The van der Waals surface area contributed by atoms with Gasteiger partial charge in [0.15, 0.2) is 0 Å².